The zero-order valence-corrected chi connectivity index (χ0v) is 17.1. The van der Waals surface area contributed by atoms with Crippen molar-refractivity contribution in [1.82, 2.24) is 14.9 Å². The Labute approximate surface area is 164 Å². The highest BCUT2D eigenvalue weighted by Crippen LogP contribution is 2.11. The van der Waals surface area contributed by atoms with Crippen molar-refractivity contribution < 1.29 is 14.4 Å². The number of amides is 1. The molecule has 0 spiro atoms. The quantitative estimate of drug-likeness (QED) is 0.411. The first-order chi connectivity index (χ1) is 13.0. The van der Waals surface area contributed by atoms with E-state index in [4.69, 9.17) is 17.0 Å². The third-order valence-corrected chi connectivity index (χ3v) is 5.08. The Kier molecular flexibility index (Phi) is 8.15. The molecule has 0 aliphatic rings. The molecular weight excluding hydrogens is 364 g/mol. The molecule has 1 aromatic heterocycles. The molecule has 8 heteroatoms. The summed E-state index contributed by atoms with van der Waals surface area (Å²) in [5.74, 6) is -0.144. The maximum atomic E-state index is 12.6. The summed E-state index contributed by atoms with van der Waals surface area (Å²) in [5, 5.41) is 3.44. The van der Waals surface area contributed by atoms with Gasteiger partial charge in [-0.15, -0.1) is 0 Å². The normalized spacial score (nSPS) is 11.3. The van der Waals surface area contributed by atoms with Crippen molar-refractivity contribution in [2.45, 2.75) is 26.8 Å². The summed E-state index contributed by atoms with van der Waals surface area (Å²) in [5.41, 5.74) is 0.899. The van der Waals surface area contributed by atoms with Crippen LogP contribution in [0.5, 0.6) is 0 Å². The van der Waals surface area contributed by atoms with Crippen LogP contribution in [-0.2, 0) is 11.3 Å². The predicted octanol–water partition coefficient (Wildman–Crippen LogP) is 0.750. The number of H-pyrrole nitrogens is 1. The van der Waals surface area contributed by atoms with Crippen LogP contribution in [0.25, 0.3) is 10.9 Å². The number of nitrogens with zero attached hydrogens (tertiary/aromatic N) is 1. The lowest BCUT2D eigenvalue weighted by molar-refractivity contribution is -0.896. The van der Waals surface area contributed by atoms with Gasteiger partial charge in [0.1, 0.15) is 0 Å². The summed E-state index contributed by atoms with van der Waals surface area (Å²) in [4.78, 5) is 29.5. The number of fused-ring (bicyclic) bond motifs is 1. The molecule has 3 N–H and O–H groups in total. The zero-order chi connectivity index (χ0) is 19.8. The smallest absolute Gasteiger partial charge is 0.262 e. The zero-order valence-electron chi connectivity index (χ0n) is 16.3. The van der Waals surface area contributed by atoms with E-state index in [1.807, 2.05) is 0 Å². The van der Waals surface area contributed by atoms with Crippen LogP contribution in [0.1, 0.15) is 30.6 Å². The van der Waals surface area contributed by atoms with Crippen molar-refractivity contribution in [3.05, 3.63) is 38.9 Å². The average Bonchev–Trinajstić information content (AvgIpc) is 2.67. The van der Waals surface area contributed by atoms with Crippen LogP contribution in [0.3, 0.4) is 0 Å². The van der Waals surface area contributed by atoms with Crippen molar-refractivity contribution in [2.75, 3.05) is 39.9 Å². The van der Waals surface area contributed by atoms with E-state index in [0.717, 1.165) is 26.1 Å². The van der Waals surface area contributed by atoms with Gasteiger partial charge in [0.15, 0.2) is 4.77 Å². The number of hydrogen-bond acceptors (Lipinski definition) is 4. The second-order valence-electron chi connectivity index (χ2n) is 6.46. The fourth-order valence-electron chi connectivity index (χ4n) is 3.03. The largest absolute Gasteiger partial charge is 0.383 e. The first-order valence-electron chi connectivity index (χ1n) is 9.39. The van der Waals surface area contributed by atoms with Gasteiger partial charge in [0.25, 0.3) is 11.5 Å². The van der Waals surface area contributed by atoms with E-state index in [1.165, 1.54) is 9.47 Å². The van der Waals surface area contributed by atoms with E-state index < -0.39 is 0 Å². The number of carbonyl (C=O) groups excluding carboxylic acids is 1. The number of ether oxygens (including phenoxy) is 1. The van der Waals surface area contributed by atoms with Crippen molar-refractivity contribution in [3.63, 3.8) is 0 Å². The maximum Gasteiger partial charge on any atom is 0.262 e. The van der Waals surface area contributed by atoms with Crippen molar-refractivity contribution in [2.24, 2.45) is 0 Å². The number of benzene rings is 1. The summed E-state index contributed by atoms with van der Waals surface area (Å²) < 4.78 is 6.81. The van der Waals surface area contributed by atoms with Crippen LogP contribution in [0.2, 0.25) is 0 Å². The minimum absolute atomic E-state index is 0.144. The van der Waals surface area contributed by atoms with Crippen LogP contribution in [0.15, 0.2) is 23.0 Å². The van der Waals surface area contributed by atoms with E-state index in [0.29, 0.717) is 40.9 Å². The molecule has 1 aromatic carbocycles. The molecule has 0 aliphatic heterocycles. The Morgan fingerprint density at radius 3 is 2.74 bits per heavy atom. The summed E-state index contributed by atoms with van der Waals surface area (Å²) in [7, 11) is 1.58. The maximum absolute atomic E-state index is 12.6. The Hall–Kier alpha value is -2.03. The number of aromatic amines is 1. The highest BCUT2D eigenvalue weighted by Gasteiger charge is 2.10. The van der Waals surface area contributed by atoms with Crippen molar-refractivity contribution in [3.8, 4) is 0 Å². The third-order valence-electron chi connectivity index (χ3n) is 4.76. The van der Waals surface area contributed by atoms with Crippen molar-refractivity contribution >= 4 is 29.0 Å². The third kappa shape index (κ3) is 5.47. The highest BCUT2D eigenvalue weighted by molar-refractivity contribution is 7.71. The van der Waals surface area contributed by atoms with E-state index in [1.54, 1.807) is 25.3 Å². The minimum Gasteiger partial charge on any atom is -0.383 e. The lowest BCUT2D eigenvalue weighted by Crippen LogP contribution is -3.11. The summed E-state index contributed by atoms with van der Waals surface area (Å²) >= 11 is 5.27. The molecule has 0 unspecified atom stereocenters. The van der Waals surface area contributed by atoms with Gasteiger partial charge in [-0.05, 0) is 44.3 Å². The molecule has 0 saturated heterocycles. The van der Waals surface area contributed by atoms with Crippen LogP contribution in [-0.4, -0.2) is 55.4 Å². The standard InChI is InChI=1S/C19H28N4O3S/c1-4-22(5-2)10-6-9-20-17(24)14-7-8-15-16(13-14)21-19(27)23(18(15)25)11-12-26-3/h7-8,13H,4-6,9-12H2,1-3H3,(H,20,24)(H,21,27)/p+1. The monoisotopic (exact) mass is 393 g/mol. The molecular formula is C19H29N4O3S+. The van der Waals surface area contributed by atoms with Crippen molar-refractivity contribution in [1.29, 1.82) is 0 Å². The van der Waals surface area contributed by atoms with E-state index in [2.05, 4.69) is 24.1 Å². The Morgan fingerprint density at radius 2 is 2.07 bits per heavy atom. The van der Waals surface area contributed by atoms with Crippen LogP contribution in [0, 0.1) is 4.77 Å². The fourth-order valence-corrected chi connectivity index (χ4v) is 3.31. The van der Waals surface area contributed by atoms with E-state index in [-0.39, 0.29) is 11.5 Å². The number of rotatable bonds is 10. The molecule has 2 rings (SSSR count). The van der Waals surface area contributed by atoms with Gasteiger partial charge in [-0.25, -0.2) is 0 Å². The van der Waals surface area contributed by atoms with Crippen LogP contribution >= 0.6 is 12.2 Å². The minimum atomic E-state index is -0.181. The van der Waals surface area contributed by atoms with Gasteiger partial charge in [-0.3, -0.25) is 14.2 Å². The molecule has 7 nitrogen and oxygen atoms in total. The van der Waals surface area contributed by atoms with E-state index in [9.17, 15) is 9.59 Å². The van der Waals surface area contributed by atoms with Crippen LogP contribution < -0.4 is 15.8 Å². The van der Waals surface area contributed by atoms with Gasteiger partial charge >= 0.3 is 0 Å². The van der Waals surface area contributed by atoms with Gasteiger partial charge in [0.05, 0.1) is 43.7 Å². The molecule has 0 fully saturated rings. The topological polar surface area (TPSA) is 80.6 Å². The SMILES string of the molecule is CC[NH+](CC)CCCNC(=O)c1ccc2c(=O)n(CCOC)c(=S)[nH]c2c1. The molecule has 0 radical (unpaired) electrons. The van der Waals surface area contributed by atoms with Gasteiger partial charge < -0.3 is 19.9 Å². The molecule has 0 aliphatic carbocycles. The predicted molar refractivity (Wildman–Crippen MR) is 109 cm³/mol. The number of carbonyl (C=O) groups is 1. The lowest BCUT2D eigenvalue weighted by atomic mass is 10.1. The van der Waals surface area contributed by atoms with E-state index >= 15 is 0 Å². The Morgan fingerprint density at radius 1 is 1.33 bits per heavy atom. The highest BCUT2D eigenvalue weighted by atomic mass is 32.1. The number of aromatic nitrogens is 2. The summed E-state index contributed by atoms with van der Waals surface area (Å²) in [6.07, 6.45) is 0.934. The number of quaternary nitrogens is 1. The second kappa shape index (κ2) is 10.3. The summed E-state index contributed by atoms with van der Waals surface area (Å²) in [6, 6.07) is 5.02. The van der Waals surface area contributed by atoms with Gasteiger partial charge in [-0.1, -0.05) is 0 Å². The van der Waals surface area contributed by atoms with Gasteiger partial charge in [-0.2, -0.15) is 0 Å². The first kappa shape index (κ1) is 21.3. The molecule has 1 heterocycles. The Balaban J connectivity index is 2.10. The van der Waals surface area contributed by atoms with Crippen LogP contribution in [0.4, 0.5) is 0 Å². The number of methoxy groups -OCH3 is 1. The number of hydrogen-bond donors (Lipinski definition) is 3. The second-order valence-corrected chi connectivity index (χ2v) is 6.84. The van der Waals surface area contributed by atoms with Gasteiger partial charge in [0, 0.05) is 25.6 Å². The molecule has 2 aromatic rings. The molecule has 1 amide bonds. The molecule has 0 bridgehead atoms. The lowest BCUT2D eigenvalue weighted by Gasteiger charge is -2.15. The molecule has 0 saturated carbocycles. The molecule has 0 atom stereocenters. The first-order valence-corrected chi connectivity index (χ1v) is 9.80. The molecule has 148 valence electrons. The number of nitrogens with one attached hydrogen (secondary N) is 3. The Bertz CT molecular complexity index is 887. The molecule has 27 heavy (non-hydrogen) atoms. The summed E-state index contributed by atoms with van der Waals surface area (Å²) in [6.45, 7) is 8.98. The fraction of sp³-hybridized carbons (Fsp3) is 0.526. The average molecular weight is 394 g/mol. The van der Waals surface area contributed by atoms with Gasteiger partial charge in [0.2, 0.25) is 0 Å².